The van der Waals surface area contributed by atoms with Gasteiger partial charge >= 0.3 is 0 Å². The minimum atomic E-state index is 0.219. The number of likely N-dealkylation sites (N-methyl/N-ethyl adjacent to an activating group) is 1. The first-order chi connectivity index (χ1) is 7.22. The Kier molecular flexibility index (Phi) is 7.20. The molecule has 1 atom stereocenters. The van der Waals surface area contributed by atoms with Crippen LogP contribution in [0.25, 0.3) is 0 Å². The summed E-state index contributed by atoms with van der Waals surface area (Å²) in [5, 5.41) is 7.11. The molecule has 0 heterocycles. The van der Waals surface area contributed by atoms with Gasteiger partial charge < -0.3 is 15.5 Å². The molecule has 0 aliphatic heterocycles. The molecule has 3 heteroatoms. The second-order valence-electron chi connectivity index (χ2n) is 6.24. The Labute approximate surface area is 102 Å². The van der Waals surface area contributed by atoms with Crippen molar-refractivity contribution in [2.45, 2.75) is 46.2 Å². The molecule has 0 aliphatic rings. The van der Waals surface area contributed by atoms with Crippen LogP contribution in [-0.2, 0) is 0 Å². The zero-order chi connectivity index (χ0) is 12.8. The van der Waals surface area contributed by atoms with Crippen LogP contribution < -0.4 is 10.6 Å². The van der Waals surface area contributed by atoms with Gasteiger partial charge in [-0.2, -0.15) is 0 Å². The smallest absolute Gasteiger partial charge is 0.0218 e. The third-order valence-electron chi connectivity index (χ3n) is 2.55. The quantitative estimate of drug-likeness (QED) is 0.649. The maximum absolute atomic E-state index is 3.62. The molecule has 0 fully saturated rings. The van der Waals surface area contributed by atoms with Crippen molar-refractivity contribution in [3.63, 3.8) is 0 Å². The van der Waals surface area contributed by atoms with Crippen molar-refractivity contribution >= 4 is 0 Å². The van der Waals surface area contributed by atoms with Crippen LogP contribution in [0.15, 0.2) is 0 Å². The second kappa shape index (κ2) is 7.25. The molecule has 0 aromatic rings. The molecule has 0 saturated heterocycles. The molecule has 0 aliphatic carbocycles. The molecular weight excluding hydrogens is 198 g/mol. The van der Waals surface area contributed by atoms with E-state index < -0.39 is 0 Å². The monoisotopic (exact) mass is 229 g/mol. The van der Waals surface area contributed by atoms with Gasteiger partial charge in [-0.05, 0) is 40.8 Å². The first-order valence-electron chi connectivity index (χ1n) is 6.35. The second-order valence-corrected chi connectivity index (χ2v) is 6.24. The molecule has 1 unspecified atom stereocenters. The van der Waals surface area contributed by atoms with Gasteiger partial charge in [-0.3, -0.25) is 0 Å². The molecular formula is C13H31N3. The number of hydrogen-bond donors (Lipinski definition) is 2. The summed E-state index contributed by atoms with van der Waals surface area (Å²) in [5.41, 5.74) is 0.219. The summed E-state index contributed by atoms with van der Waals surface area (Å²) in [6.45, 7) is 14.3. The highest BCUT2D eigenvalue weighted by molar-refractivity contribution is 4.75. The Morgan fingerprint density at radius 1 is 1.06 bits per heavy atom. The van der Waals surface area contributed by atoms with Gasteiger partial charge in [-0.15, -0.1) is 0 Å². The highest BCUT2D eigenvalue weighted by Crippen LogP contribution is 2.02. The fourth-order valence-electron chi connectivity index (χ4n) is 1.60. The zero-order valence-electron chi connectivity index (χ0n) is 12.2. The van der Waals surface area contributed by atoms with Gasteiger partial charge in [-0.1, -0.05) is 13.8 Å². The van der Waals surface area contributed by atoms with Crippen LogP contribution in [0.3, 0.4) is 0 Å². The Balaban J connectivity index is 3.77. The predicted octanol–water partition coefficient (Wildman–Crippen LogP) is 1.55. The largest absolute Gasteiger partial charge is 0.311 e. The third-order valence-corrected chi connectivity index (χ3v) is 2.55. The first-order valence-corrected chi connectivity index (χ1v) is 6.35. The van der Waals surface area contributed by atoms with Crippen LogP contribution in [-0.4, -0.2) is 50.2 Å². The van der Waals surface area contributed by atoms with E-state index in [-0.39, 0.29) is 5.54 Å². The highest BCUT2D eigenvalue weighted by Gasteiger charge is 2.14. The van der Waals surface area contributed by atoms with Gasteiger partial charge in [0.15, 0.2) is 0 Å². The molecule has 98 valence electrons. The summed E-state index contributed by atoms with van der Waals surface area (Å²) in [6.07, 6.45) is 0. The summed E-state index contributed by atoms with van der Waals surface area (Å²) in [7, 11) is 4.26. The lowest BCUT2D eigenvalue weighted by molar-refractivity contribution is 0.286. The number of rotatable bonds is 7. The molecule has 0 bridgehead atoms. The van der Waals surface area contributed by atoms with Crippen molar-refractivity contribution in [3.8, 4) is 0 Å². The fraction of sp³-hybridized carbons (Fsp3) is 1.00. The van der Waals surface area contributed by atoms with E-state index in [9.17, 15) is 0 Å². The summed E-state index contributed by atoms with van der Waals surface area (Å²) in [6, 6.07) is 0.580. The van der Waals surface area contributed by atoms with Crippen LogP contribution in [0, 0.1) is 5.92 Å². The van der Waals surface area contributed by atoms with Crippen molar-refractivity contribution < 1.29 is 0 Å². The van der Waals surface area contributed by atoms with E-state index in [1.807, 2.05) is 0 Å². The predicted molar refractivity (Wildman–Crippen MR) is 72.9 cm³/mol. The van der Waals surface area contributed by atoms with Crippen molar-refractivity contribution in [3.05, 3.63) is 0 Å². The molecule has 0 amide bonds. The molecule has 3 nitrogen and oxygen atoms in total. The van der Waals surface area contributed by atoms with Gasteiger partial charge in [0.2, 0.25) is 0 Å². The lowest BCUT2D eigenvalue weighted by Gasteiger charge is -2.27. The minimum absolute atomic E-state index is 0.219. The average molecular weight is 229 g/mol. The summed E-state index contributed by atoms with van der Waals surface area (Å²) < 4.78 is 0. The van der Waals surface area contributed by atoms with Crippen molar-refractivity contribution in [2.24, 2.45) is 5.92 Å². The van der Waals surface area contributed by atoms with Crippen LogP contribution in [0.4, 0.5) is 0 Å². The zero-order valence-corrected chi connectivity index (χ0v) is 12.2. The molecule has 0 spiro atoms. The van der Waals surface area contributed by atoms with E-state index in [0.717, 1.165) is 19.6 Å². The van der Waals surface area contributed by atoms with E-state index in [4.69, 9.17) is 0 Å². The van der Waals surface area contributed by atoms with E-state index in [2.05, 4.69) is 64.2 Å². The number of nitrogens with one attached hydrogen (secondary N) is 2. The molecule has 16 heavy (non-hydrogen) atoms. The van der Waals surface area contributed by atoms with Gasteiger partial charge in [0.1, 0.15) is 0 Å². The fourth-order valence-corrected chi connectivity index (χ4v) is 1.60. The average Bonchev–Trinajstić information content (AvgIpc) is 2.07. The minimum Gasteiger partial charge on any atom is -0.311 e. The van der Waals surface area contributed by atoms with Crippen molar-refractivity contribution in [1.82, 2.24) is 15.5 Å². The van der Waals surface area contributed by atoms with Gasteiger partial charge in [0.25, 0.3) is 0 Å². The van der Waals surface area contributed by atoms with Crippen LogP contribution in [0.5, 0.6) is 0 Å². The maximum Gasteiger partial charge on any atom is 0.0218 e. The Bertz CT molecular complexity index is 171. The lowest BCUT2D eigenvalue weighted by Crippen LogP contribution is -2.46. The van der Waals surface area contributed by atoms with Crippen molar-refractivity contribution in [2.75, 3.05) is 33.7 Å². The van der Waals surface area contributed by atoms with Gasteiger partial charge in [0.05, 0.1) is 0 Å². The normalized spacial score (nSPS) is 14.8. The van der Waals surface area contributed by atoms with Crippen LogP contribution in [0.1, 0.15) is 34.6 Å². The summed E-state index contributed by atoms with van der Waals surface area (Å²) >= 11 is 0. The SMILES string of the molecule is CC(C)C(CN(C)C)NCCNC(C)(C)C. The third kappa shape index (κ3) is 9.13. The Morgan fingerprint density at radius 2 is 1.62 bits per heavy atom. The molecule has 0 rings (SSSR count). The molecule has 0 aromatic heterocycles. The van der Waals surface area contributed by atoms with Gasteiger partial charge in [-0.25, -0.2) is 0 Å². The van der Waals surface area contributed by atoms with Crippen molar-refractivity contribution in [1.29, 1.82) is 0 Å². The number of nitrogens with zero attached hydrogens (tertiary/aromatic N) is 1. The Hall–Kier alpha value is -0.120. The summed E-state index contributed by atoms with van der Waals surface area (Å²) in [4.78, 5) is 2.24. The molecule has 0 saturated carbocycles. The highest BCUT2D eigenvalue weighted by atomic mass is 15.1. The van der Waals surface area contributed by atoms with E-state index in [0.29, 0.717) is 12.0 Å². The topological polar surface area (TPSA) is 27.3 Å². The number of hydrogen-bond acceptors (Lipinski definition) is 3. The van der Waals surface area contributed by atoms with Gasteiger partial charge in [0, 0.05) is 31.2 Å². The summed E-state index contributed by atoms with van der Waals surface area (Å²) in [5.74, 6) is 0.678. The molecule has 2 N–H and O–H groups in total. The lowest BCUT2D eigenvalue weighted by atomic mass is 10.0. The van der Waals surface area contributed by atoms with Crippen LogP contribution in [0.2, 0.25) is 0 Å². The van der Waals surface area contributed by atoms with E-state index >= 15 is 0 Å². The maximum atomic E-state index is 3.62. The van der Waals surface area contributed by atoms with E-state index in [1.165, 1.54) is 0 Å². The van der Waals surface area contributed by atoms with E-state index in [1.54, 1.807) is 0 Å². The first kappa shape index (κ1) is 15.9. The van der Waals surface area contributed by atoms with Crippen LogP contribution >= 0.6 is 0 Å². The molecule has 0 radical (unpaired) electrons. The standard InChI is InChI=1S/C13H31N3/c1-11(2)12(10-16(6)7)14-8-9-15-13(3,4)5/h11-12,14-15H,8-10H2,1-7H3. The Morgan fingerprint density at radius 3 is 2.00 bits per heavy atom. The molecule has 0 aromatic carbocycles.